The van der Waals surface area contributed by atoms with Gasteiger partial charge in [0.05, 0.1) is 16.0 Å². The first-order chi connectivity index (χ1) is 20.1. The van der Waals surface area contributed by atoms with Crippen LogP contribution in [0.4, 0.5) is 11.6 Å². The number of esters is 1. The van der Waals surface area contributed by atoms with Gasteiger partial charge in [0, 0.05) is 53.2 Å². The van der Waals surface area contributed by atoms with Gasteiger partial charge in [-0.2, -0.15) is 0 Å². The highest BCUT2D eigenvalue weighted by Gasteiger charge is 2.27. The van der Waals surface area contributed by atoms with E-state index >= 15 is 0 Å². The van der Waals surface area contributed by atoms with E-state index in [0.717, 1.165) is 37.2 Å². The third-order valence-corrected chi connectivity index (χ3v) is 8.20. The van der Waals surface area contributed by atoms with Gasteiger partial charge in [-0.1, -0.05) is 25.1 Å². The van der Waals surface area contributed by atoms with Crippen molar-refractivity contribution in [1.29, 1.82) is 0 Å². The van der Waals surface area contributed by atoms with E-state index in [9.17, 15) is 18.0 Å². The Hall–Kier alpha value is -4.42. The molecule has 0 bridgehead atoms. The number of hydrogen-bond acceptors (Lipinski definition) is 9. The number of rotatable bonds is 9. The first-order valence-corrected chi connectivity index (χ1v) is 15.2. The number of amides is 1. The molecule has 5 rings (SSSR count). The molecule has 12 heteroatoms. The van der Waals surface area contributed by atoms with Crippen molar-refractivity contribution in [2.45, 2.75) is 45.1 Å². The topological polar surface area (TPSA) is 143 Å². The Morgan fingerprint density at radius 3 is 2.43 bits per heavy atom. The van der Waals surface area contributed by atoms with Gasteiger partial charge < -0.3 is 10.1 Å². The fourth-order valence-electron chi connectivity index (χ4n) is 5.05. The molecule has 0 saturated carbocycles. The van der Waals surface area contributed by atoms with E-state index in [0.29, 0.717) is 40.1 Å². The third kappa shape index (κ3) is 6.55. The second-order valence-electron chi connectivity index (χ2n) is 10.2. The van der Waals surface area contributed by atoms with E-state index in [1.54, 1.807) is 19.9 Å². The number of pyridine rings is 1. The van der Waals surface area contributed by atoms with E-state index < -0.39 is 28.5 Å². The normalized spacial score (nSPS) is 13.4. The van der Waals surface area contributed by atoms with Gasteiger partial charge >= 0.3 is 5.97 Å². The minimum absolute atomic E-state index is 0.0204. The predicted molar refractivity (Wildman–Crippen MR) is 159 cm³/mol. The van der Waals surface area contributed by atoms with Crippen LogP contribution in [0.1, 0.15) is 46.3 Å². The molecule has 1 amide bonds. The zero-order valence-electron chi connectivity index (χ0n) is 23.7. The fourth-order valence-corrected chi connectivity index (χ4v) is 6.00. The molecule has 1 aliphatic rings. The fraction of sp³-hybridized carbons (Fsp3) is 0.300. The number of nitrogens with one attached hydrogen (secondary N) is 2. The highest BCUT2D eigenvalue weighted by Crippen LogP contribution is 2.29. The molecule has 218 valence electrons. The quantitative estimate of drug-likeness (QED) is 0.277. The molecule has 0 atom stereocenters. The summed E-state index contributed by atoms with van der Waals surface area (Å²) in [5, 5.41) is 3.33. The van der Waals surface area contributed by atoms with E-state index in [-0.39, 0.29) is 10.8 Å². The highest BCUT2D eigenvalue weighted by atomic mass is 32.2. The van der Waals surface area contributed by atoms with Crippen LogP contribution < -0.4 is 10.0 Å². The summed E-state index contributed by atoms with van der Waals surface area (Å²) >= 11 is 0. The Morgan fingerprint density at radius 1 is 1.00 bits per heavy atom. The van der Waals surface area contributed by atoms with Crippen LogP contribution in [-0.2, 0) is 32.5 Å². The van der Waals surface area contributed by atoms with Gasteiger partial charge in [-0.15, -0.1) is 0 Å². The molecule has 2 N–H and O–H groups in total. The van der Waals surface area contributed by atoms with Crippen molar-refractivity contribution < 1.29 is 22.7 Å². The number of fused-ring (bicyclic) bond motifs is 2. The molecule has 3 heterocycles. The van der Waals surface area contributed by atoms with Crippen molar-refractivity contribution in [3.8, 4) is 0 Å². The van der Waals surface area contributed by atoms with Gasteiger partial charge in [-0.25, -0.2) is 27.9 Å². The van der Waals surface area contributed by atoms with Crippen molar-refractivity contribution in [2.75, 3.05) is 29.7 Å². The monoisotopic (exact) mass is 588 g/mol. The summed E-state index contributed by atoms with van der Waals surface area (Å²) in [7, 11) is -3.94. The second-order valence-corrected chi connectivity index (χ2v) is 11.9. The standard InChI is InChI=1S/C30H32N6O5S/c1-4-14-36-15-13-26-24(17-36)28(23-7-5-6-8-25(23)34-26)29(38)41-18-27(37)33-21-9-11-22(12-10-21)42(39,40)35-30-31-19(2)16-20(3)32-30/h5-12,16H,4,13-15,17-18H2,1-3H3,(H,33,37)(H,31,32,35). The van der Waals surface area contributed by atoms with Crippen molar-refractivity contribution >= 4 is 44.4 Å². The molecule has 0 unspecified atom stereocenters. The number of para-hydroxylation sites is 1. The Bertz CT molecular complexity index is 1740. The number of hydrogen-bond donors (Lipinski definition) is 2. The van der Waals surface area contributed by atoms with E-state index in [1.165, 1.54) is 24.3 Å². The number of carbonyl (C=O) groups is 2. The lowest BCUT2D eigenvalue weighted by Gasteiger charge is -2.29. The molecule has 2 aromatic carbocycles. The molecule has 0 aliphatic carbocycles. The number of carbonyl (C=O) groups excluding carboxylic acids is 2. The minimum atomic E-state index is -3.94. The maximum Gasteiger partial charge on any atom is 0.339 e. The Labute approximate surface area is 244 Å². The number of aromatic nitrogens is 3. The first kappa shape index (κ1) is 29.1. The summed E-state index contributed by atoms with van der Waals surface area (Å²) < 4.78 is 33.4. The van der Waals surface area contributed by atoms with E-state index in [4.69, 9.17) is 9.72 Å². The molecular weight excluding hydrogens is 556 g/mol. The minimum Gasteiger partial charge on any atom is -0.452 e. The van der Waals surface area contributed by atoms with Gasteiger partial charge in [-0.3, -0.25) is 14.7 Å². The zero-order valence-corrected chi connectivity index (χ0v) is 24.5. The Morgan fingerprint density at radius 2 is 1.71 bits per heavy atom. The molecule has 1 aliphatic heterocycles. The molecule has 0 fully saturated rings. The van der Waals surface area contributed by atoms with Crippen LogP contribution in [0.25, 0.3) is 10.9 Å². The van der Waals surface area contributed by atoms with Crippen molar-refractivity contribution in [2.24, 2.45) is 0 Å². The molecule has 11 nitrogen and oxygen atoms in total. The number of nitrogens with zero attached hydrogens (tertiary/aromatic N) is 4. The Kier molecular flexibility index (Phi) is 8.46. The van der Waals surface area contributed by atoms with Crippen LogP contribution in [0.15, 0.2) is 59.5 Å². The summed E-state index contributed by atoms with van der Waals surface area (Å²) in [6.07, 6.45) is 1.74. The largest absolute Gasteiger partial charge is 0.452 e. The average Bonchev–Trinajstić information content (AvgIpc) is 2.94. The van der Waals surface area contributed by atoms with E-state index in [1.807, 2.05) is 24.3 Å². The van der Waals surface area contributed by atoms with Crippen LogP contribution in [0, 0.1) is 13.8 Å². The molecule has 0 radical (unpaired) electrons. The van der Waals surface area contributed by atoms with Crippen LogP contribution in [0.5, 0.6) is 0 Å². The molecule has 4 aromatic rings. The van der Waals surface area contributed by atoms with Crippen molar-refractivity contribution in [3.63, 3.8) is 0 Å². The van der Waals surface area contributed by atoms with Crippen molar-refractivity contribution in [1.82, 2.24) is 19.9 Å². The van der Waals surface area contributed by atoms with Crippen molar-refractivity contribution in [3.05, 3.63) is 82.8 Å². The highest BCUT2D eigenvalue weighted by molar-refractivity contribution is 7.92. The Balaban J connectivity index is 1.25. The summed E-state index contributed by atoms with van der Waals surface area (Å²) in [4.78, 5) is 41.3. The maximum absolute atomic E-state index is 13.4. The van der Waals surface area contributed by atoms with Crippen LogP contribution in [0.2, 0.25) is 0 Å². The van der Waals surface area contributed by atoms with Gasteiger partial charge in [0.25, 0.3) is 15.9 Å². The van der Waals surface area contributed by atoms with Gasteiger partial charge in [0.2, 0.25) is 5.95 Å². The molecular formula is C30H32N6O5S. The van der Waals surface area contributed by atoms with Crippen LogP contribution in [0.3, 0.4) is 0 Å². The maximum atomic E-state index is 13.4. The summed E-state index contributed by atoms with van der Waals surface area (Å²) in [5.41, 5.74) is 4.49. The number of aryl methyl sites for hydroxylation is 2. The van der Waals surface area contributed by atoms with Crippen LogP contribution >= 0.6 is 0 Å². The summed E-state index contributed by atoms with van der Waals surface area (Å²) in [6.45, 7) is 7.49. The van der Waals surface area contributed by atoms with Crippen LogP contribution in [-0.4, -0.2) is 59.8 Å². The molecule has 2 aromatic heterocycles. The number of benzene rings is 2. The SMILES string of the molecule is CCCN1CCc2nc3ccccc3c(C(=O)OCC(=O)Nc3ccc(S(=O)(=O)Nc4nc(C)cc(C)n4)cc3)c2C1. The number of ether oxygens (including phenoxy) is 1. The second kappa shape index (κ2) is 12.2. The van der Waals surface area contributed by atoms with E-state index in [2.05, 4.69) is 31.8 Å². The lowest BCUT2D eigenvalue weighted by molar-refractivity contribution is -0.119. The van der Waals surface area contributed by atoms with Gasteiger partial charge in [-0.05, 0) is 63.2 Å². The number of sulfonamides is 1. The lowest BCUT2D eigenvalue weighted by atomic mass is 9.95. The molecule has 0 spiro atoms. The van der Waals surface area contributed by atoms with Gasteiger partial charge in [0.1, 0.15) is 0 Å². The lowest BCUT2D eigenvalue weighted by Crippen LogP contribution is -2.33. The number of anilines is 2. The summed E-state index contributed by atoms with van der Waals surface area (Å²) in [5.74, 6) is -1.16. The molecule has 0 saturated heterocycles. The first-order valence-electron chi connectivity index (χ1n) is 13.7. The summed E-state index contributed by atoms with van der Waals surface area (Å²) in [6, 6.07) is 14.8. The predicted octanol–water partition coefficient (Wildman–Crippen LogP) is 4.01. The third-order valence-electron chi connectivity index (χ3n) is 6.86. The smallest absolute Gasteiger partial charge is 0.339 e. The van der Waals surface area contributed by atoms with Gasteiger partial charge in [0.15, 0.2) is 6.61 Å². The zero-order chi connectivity index (χ0) is 29.9. The average molecular weight is 589 g/mol. The molecule has 42 heavy (non-hydrogen) atoms.